The number of hydrogen-bond donors (Lipinski definition) is 1. The van der Waals surface area contributed by atoms with E-state index < -0.39 is 0 Å². The molecule has 0 fully saturated rings. The smallest absolute Gasteiger partial charge is 0.131 e. The van der Waals surface area contributed by atoms with Crippen molar-refractivity contribution in [3.8, 4) is 17.6 Å². The summed E-state index contributed by atoms with van der Waals surface area (Å²) < 4.78 is 5.93. The number of benzene rings is 2. The third-order valence-corrected chi connectivity index (χ3v) is 3.05. The van der Waals surface area contributed by atoms with Gasteiger partial charge in [-0.3, -0.25) is 0 Å². The van der Waals surface area contributed by atoms with Gasteiger partial charge in [-0.05, 0) is 19.2 Å². The lowest BCUT2D eigenvalue weighted by molar-refractivity contribution is 0.326. The summed E-state index contributed by atoms with van der Waals surface area (Å²) in [4.78, 5) is 0. The van der Waals surface area contributed by atoms with Crippen molar-refractivity contribution >= 4 is 10.8 Å². The summed E-state index contributed by atoms with van der Waals surface area (Å²) in [7, 11) is 0. The van der Waals surface area contributed by atoms with Crippen molar-refractivity contribution in [3.05, 3.63) is 42.0 Å². The second-order valence-corrected chi connectivity index (χ2v) is 4.52. The number of fused-ring (bicyclic) bond motifs is 1. The summed E-state index contributed by atoms with van der Waals surface area (Å²) in [5.74, 6) is 6.78. The third-order valence-electron chi connectivity index (χ3n) is 3.05. The highest BCUT2D eigenvalue weighted by Crippen LogP contribution is 2.32. The topological polar surface area (TPSA) is 35.2 Å². The Morgan fingerprint density at radius 1 is 1.21 bits per heavy atom. The molecule has 0 saturated heterocycles. The van der Waals surface area contributed by atoms with Gasteiger partial charge in [0, 0.05) is 23.4 Å². The van der Waals surface area contributed by atoms with Crippen molar-refractivity contribution < 1.29 is 4.74 Å². The van der Waals surface area contributed by atoms with Gasteiger partial charge in [-0.25, -0.2) is 0 Å². The maximum absolute atomic E-state index is 6.03. The summed E-state index contributed by atoms with van der Waals surface area (Å²) in [5, 5.41) is 2.28. The van der Waals surface area contributed by atoms with Crippen LogP contribution in [0.15, 0.2) is 36.4 Å². The fraction of sp³-hybridized carbons (Fsp3) is 0.294. The molecule has 19 heavy (non-hydrogen) atoms. The first-order valence-corrected chi connectivity index (χ1v) is 6.53. The van der Waals surface area contributed by atoms with Crippen LogP contribution in [0.25, 0.3) is 10.8 Å². The molecule has 0 amide bonds. The zero-order chi connectivity index (χ0) is 13.7. The monoisotopic (exact) mass is 253 g/mol. The summed E-state index contributed by atoms with van der Waals surface area (Å²) in [5.41, 5.74) is 7.07. The second kappa shape index (κ2) is 6.26. The molecule has 2 nitrogen and oxygen atoms in total. The van der Waals surface area contributed by atoms with Crippen LogP contribution in [0.3, 0.4) is 0 Å². The molecule has 0 aliphatic heterocycles. The van der Waals surface area contributed by atoms with Gasteiger partial charge in [-0.1, -0.05) is 36.4 Å². The average molecular weight is 253 g/mol. The first-order valence-electron chi connectivity index (χ1n) is 6.53. The van der Waals surface area contributed by atoms with E-state index in [1.807, 2.05) is 32.0 Å². The minimum absolute atomic E-state index is 0.0446. The first kappa shape index (κ1) is 13.5. The molecule has 0 aromatic heterocycles. The van der Waals surface area contributed by atoms with Crippen LogP contribution in [0.5, 0.6) is 5.75 Å². The van der Waals surface area contributed by atoms with Crippen LogP contribution in [0, 0.1) is 11.8 Å². The molecule has 0 unspecified atom stereocenters. The molecule has 2 aromatic rings. The fourth-order valence-corrected chi connectivity index (χ4v) is 2.11. The van der Waals surface area contributed by atoms with Gasteiger partial charge >= 0.3 is 0 Å². The molecule has 2 N–H and O–H groups in total. The maximum Gasteiger partial charge on any atom is 0.131 e. The van der Waals surface area contributed by atoms with Crippen LogP contribution in [0.2, 0.25) is 0 Å². The van der Waals surface area contributed by atoms with Crippen molar-refractivity contribution in [2.45, 2.75) is 26.3 Å². The highest BCUT2D eigenvalue weighted by Gasteiger charge is 2.11. The Balaban J connectivity index is 2.39. The SMILES string of the molecule is CC#CCCOc1c([C@@H](C)N)ccc2ccccc12. The molecule has 2 heteroatoms. The quantitative estimate of drug-likeness (QED) is 0.666. The normalized spacial score (nSPS) is 11.7. The van der Waals surface area contributed by atoms with Crippen molar-refractivity contribution in [3.63, 3.8) is 0 Å². The van der Waals surface area contributed by atoms with E-state index in [4.69, 9.17) is 10.5 Å². The Hall–Kier alpha value is -1.98. The Labute approximate surface area is 114 Å². The Morgan fingerprint density at radius 3 is 2.74 bits per heavy atom. The van der Waals surface area contributed by atoms with Gasteiger partial charge in [0.1, 0.15) is 5.75 Å². The summed E-state index contributed by atoms with van der Waals surface area (Å²) >= 11 is 0. The predicted octanol–water partition coefficient (Wildman–Crippen LogP) is 3.65. The van der Waals surface area contributed by atoms with Gasteiger partial charge in [0.15, 0.2) is 0 Å². The van der Waals surface area contributed by atoms with Gasteiger partial charge in [-0.2, -0.15) is 0 Å². The highest BCUT2D eigenvalue weighted by atomic mass is 16.5. The molecule has 0 saturated carbocycles. The molecule has 0 heterocycles. The standard InChI is InChI=1S/C17H19NO/c1-3-4-7-12-19-17-15(13(2)18)11-10-14-8-5-6-9-16(14)17/h5-6,8-11,13H,7,12,18H2,1-2H3/t13-/m1/s1. The molecule has 98 valence electrons. The molecule has 0 bridgehead atoms. The average Bonchev–Trinajstić information content (AvgIpc) is 2.43. The molecule has 0 aliphatic rings. The zero-order valence-electron chi connectivity index (χ0n) is 11.4. The van der Waals surface area contributed by atoms with Gasteiger partial charge in [0.2, 0.25) is 0 Å². The summed E-state index contributed by atoms with van der Waals surface area (Å²) in [6.45, 7) is 4.41. The van der Waals surface area contributed by atoms with E-state index in [-0.39, 0.29) is 6.04 Å². The zero-order valence-corrected chi connectivity index (χ0v) is 11.4. The Morgan fingerprint density at radius 2 is 2.00 bits per heavy atom. The summed E-state index contributed by atoms with van der Waals surface area (Å²) in [6.07, 6.45) is 0.734. The van der Waals surface area contributed by atoms with Gasteiger partial charge < -0.3 is 10.5 Å². The van der Waals surface area contributed by atoms with E-state index in [0.717, 1.165) is 23.1 Å². The van der Waals surface area contributed by atoms with Crippen LogP contribution in [0.4, 0.5) is 0 Å². The second-order valence-electron chi connectivity index (χ2n) is 4.52. The molecule has 2 rings (SSSR count). The van der Waals surface area contributed by atoms with Crippen molar-refractivity contribution in [2.24, 2.45) is 5.73 Å². The van der Waals surface area contributed by atoms with E-state index in [1.54, 1.807) is 0 Å². The lowest BCUT2D eigenvalue weighted by Gasteiger charge is -2.16. The van der Waals surface area contributed by atoms with Crippen molar-refractivity contribution in [2.75, 3.05) is 6.61 Å². The van der Waals surface area contributed by atoms with Gasteiger partial charge in [-0.15, -0.1) is 11.8 Å². The van der Waals surface area contributed by atoms with Crippen molar-refractivity contribution in [1.82, 2.24) is 0 Å². The largest absolute Gasteiger partial charge is 0.492 e. The maximum atomic E-state index is 6.03. The van der Waals surface area contributed by atoms with Crippen LogP contribution in [-0.4, -0.2) is 6.61 Å². The number of rotatable bonds is 4. The van der Waals surface area contributed by atoms with E-state index in [0.29, 0.717) is 6.61 Å². The van der Waals surface area contributed by atoms with E-state index in [2.05, 4.69) is 30.0 Å². The Bertz CT molecular complexity index is 620. The third kappa shape index (κ3) is 3.07. The van der Waals surface area contributed by atoms with Crippen LogP contribution in [0.1, 0.15) is 31.9 Å². The van der Waals surface area contributed by atoms with Gasteiger partial charge in [0.05, 0.1) is 6.61 Å². The molecule has 0 aliphatic carbocycles. The number of hydrogen-bond acceptors (Lipinski definition) is 2. The fourth-order valence-electron chi connectivity index (χ4n) is 2.11. The van der Waals surface area contributed by atoms with Crippen LogP contribution >= 0.6 is 0 Å². The molecule has 2 aromatic carbocycles. The molecule has 1 atom stereocenters. The molecular weight excluding hydrogens is 234 g/mol. The molecule has 0 radical (unpaired) electrons. The van der Waals surface area contributed by atoms with E-state index in [9.17, 15) is 0 Å². The molecule has 0 spiro atoms. The Kier molecular flexibility index (Phi) is 4.43. The number of nitrogens with two attached hydrogens (primary N) is 1. The predicted molar refractivity (Wildman–Crippen MR) is 80.1 cm³/mol. The minimum Gasteiger partial charge on any atom is -0.492 e. The minimum atomic E-state index is -0.0446. The van der Waals surface area contributed by atoms with Gasteiger partial charge in [0.25, 0.3) is 0 Å². The lowest BCUT2D eigenvalue weighted by atomic mass is 10.0. The van der Waals surface area contributed by atoms with Crippen LogP contribution in [-0.2, 0) is 0 Å². The van der Waals surface area contributed by atoms with E-state index >= 15 is 0 Å². The van der Waals surface area contributed by atoms with Crippen molar-refractivity contribution in [1.29, 1.82) is 0 Å². The first-order chi connectivity index (χ1) is 9.24. The van der Waals surface area contributed by atoms with E-state index in [1.165, 1.54) is 5.39 Å². The number of ether oxygens (including phenoxy) is 1. The highest BCUT2D eigenvalue weighted by molar-refractivity contribution is 5.89. The van der Waals surface area contributed by atoms with Crippen LogP contribution < -0.4 is 10.5 Å². The lowest BCUT2D eigenvalue weighted by Crippen LogP contribution is -2.09. The summed E-state index contributed by atoms with van der Waals surface area (Å²) in [6, 6.07) is 12.3. The molecular formula is C17H19NO.